The first kappa shape index (κ1) is 13.3. The molecule has 0 spiro atoms. The van der Waals surface area contributed by atoms with Crippen LogP contribution in [0.3, 0.4) is 0 Å². The van der Waals surface area contributed by atoms with Gasteiger partial charge < -0.3 is 4.74 Å². The second-order valence-corrected chi connectivity index (χ2v) is 6.58. The average molecular weight is 325 g/mol. The quantitative estimate of drug-likeness (QED) is 0.768. The molecule has 2 rings (SSSR count). The van der Waals surface area contributed by atoms with Crippen LogP contribution < -0.4 is 4.74 Å². The van der Waals surface area contributed by atoms with Crippen LogP contribution in [0.5, 0.6) is 5.75 Å². The zero-order valence-corrected chi connectivity index (χ0v) is 12.6. The van der Waals surface area contributed by atoms with Gasteiger partial charge in [-0.05, 0) is 65.7 Å². The molecule has 0 N–H and O–H groups in total. The van der Waals surface area contributed by atoms with Crippen molar-refractivity contribution < 1.29 is 9.53 Å². The second kappa shape index (κ2) is 5.67. The van der Waals surface area contributed by atoms with Crippen LogP contribution in [0, 0.1) is 6.92 Å². The summed E-state index contributed by atoms with van der Waals surface area (Å²) in [6.45, 7) is 4.07. The molecule has 0 atom stereocenters. The first-order chi connectivity index (χ1) is 8.56. The van der Waals surface area contributed by atoms with Crippen molar-refractivity contribution >= 4 is 33.0 Å². The Kier molecular flexibility index (Phi) is 4.19. The Bertz CT molecular complexity index is 575. The lowest BCUT2D eigenvalue weighted by molar-refractivity contribution is 0.101. The maximum Gasteiger partial charge on any atom is 0.159 e. The Balaban J connectivity index is 2.08. The number of hydrogen-bond acceptors (Lipinski definition) is 3. The molecule has 0 aliphatic heterocycles. The normalized spacial score (nSPS) is 10.4. The Labute approximate surface area is 119 Å². The van der Waals surface area contributed by atoms with Gasteiger partial charge in [-0.2, -0.15) is 0 Å². The molecule has 0 aliphatic carbocycles. The summed E-state index contributed by atoms with van der Waals surface area (Å²) in [5, 5.41) is 0. The maximum atomic E-state index is 11.2. The van der Waals surface area contributed by atoms with Gasteiger partial charge in [0.15, 0.2) is 5.78 Å². The lowest BCUT2D eigenvalue weighted by atomic mass is 10.1. The molecular weight excluding hydrogens is 312 g/mol. The lowest BCUT2D eigenvalue weighted by Crippen LogP contribution is -1.97. The van der Waals surface area contributed by atoms with Gasteiger partial charge in [-0.3, -0.25) is 4.79 Å². The van der Waals surface area contributed by atoms with E-state index in [0.717, 1.165) is 25.5 Å². The molecule has 4 heteroatoms. The molecule has 0 bridgehead atoms. The van der Waals surface area contributed by atoms with Crippen molar-refractivity contribution in [1.29, 1.82) is 0 Å². The summed E-state index contributed by atoms with van der Waals surface area (Å²) in [4.78, 5) is 12.4. The number of ketones is 1. The van der Waals surface area contributed by atoms with Crippen LogP contribution >= 0.6 is 27.3 Å². The molecule has 0 radical (unpaired) electrons. The van der Waals surface area contributed by atoms with Crippen LogP contribution in [0.25, 0.3) is 0 Å². The molecule has 1 heterocycles. The predicted octanol–water partition coefficient (Wildman–Crippen LogP) is 4.60. The van der Waals surface area contributed by atoms with Crippen molar-refractivity contribution in [3.8, 4) is 5.75 Å². The number of aryl methyl sites for hydroxylation is 1. The molecule has 0 aliphatic rings. The van der Waals surface area contributed by atoms with Gasteiger partial charge in [0.05, 0.1) is 3.79 Å². The van der Waals surface area contributed by atoms with Crippen molar-refractivity contribution in [3.63, 3.8) is 0 Å². The number of halogens is 1. The summed E-state index contributed by atoms with van der Waals surface area (Å²) in [5.41, 5.74) is 1.71. The molecule has 0 unspecified atom stereocenters. The summed E-state index contributed by atoms with van der Waals surface area (Å²) >= 11 is 5.08. The summed E-state index contributed by atoms with van der Waals surface area (Å²) in [6, 6.07) is 9.56. The lowest BCUT2D eigenvalue weighted by Gasteiger charge is -2.08. The van der Waals surface area contributed by atoms with Crippen molar-refractivity contribution in [2.75, 3.05) is 0 Å². The number of Topliss-reactive ketones (excluding diaryl/α,β-unsaturated/α-hetero) is 1. The van der Waals surface area contributed by atoms with E-state index in [1.807, 2.05) is 31.2 Å². The predicted molar refractivity (Wildman–Crippen MR) is 77.5 cm³/mol. The van der Waals surface area contributed by atoms with Crippen molar-refractivity contribution in [2.24, 2.45) is 0 Å². The Hall–Kier alpha value is -1.13. The van der Waals surface area contributed by atoms with Crippen LogP contribution in [0.2, 0.25) is 0 Å². The number of ether oxygens (including phenoxy) is 1. The van der Waals surface area contributed by atoms with Gasteiger partial charge in [-0.15, -0.1) is 11.3 Å². The highest BCUT2D eigenvalue weighted by atomic mass is 79.9. The molecule has 0 fully saturated rings. The van der Waals surface area contributed by atoms with E-state index in [1.165, 1.54) is 0 Å². The molecular formula is C14H13BrO2S. The molecule has 94 valence electrons. The maximum absolute atomic E-state index is 11.2. The van der Waals surface area contributed by atoms with E-state index in [1.54, 1.807) is 24.3 Å². The van der Waals surface area contributed by atoms with E-state index in [0.29, 0.717) is 6.61 Å². The highest BCUT2D eigenvalue weighted by Gasteiger charge is 2.05. The van der Waals surface area contributed by atoms with Gasteiger partial charge in [0.2, 0.25) is 0 Å². The topological polar surface area (TPSA) is 26.3 Å². The SMILES string of the molecule is CC(=O)c1ccc(OCc2ccc(Br)s2)c(C)c1. The van der Waals surface area contributed by atoms with E-state index in [4.69, 9.17) is 4.74 Å². The van der Waals surface area contributed by atoms with Gasteiger partial charge >= 0.3 is 0 Å². The first-order valence-electron chi connectivity index (χ1n) is 5.55. The van der Waals surface area contributed by atoms with Crippen LogP contribution in [-0.4, -0.2) is 5.78 Å². The number of thiophene rings is 1. The van der Waals surface area contributed by atoms with Gasteiger partial charge in [0.1, 0.15) is 12.4 Å². The largest absolute Gasteiger partial charge is 0.488 e. The third kappa shape index (κ3) is 3.21. The standard InChI is InChI=1S/C14H13BrO2S/c1-9-7-11(10(2)16)3-5-13(9)17-8-12-4-6-14(15)18-12/h3-7H,8H2,1-2H3. The minimum atomic E-state index is 0.0758. The number of carbonyl (C=O) groups excluding carboxylic acids is 1. The van der Waals surface area contributed by atoms with E-state index in [-0.39, 0.29) is 5.78 Å². The molecule has 0 saturated carbocycles. The summed E-state index contributed by atoms with van der Waals surface area (Å²) in [7, 11) is 0. The summed E-state index contributed by atoms with van der Waals surface area (Å²) in [5.74, 6) is 0.899. The van der Waals surface area contributed by atoms with Crippen LogP contribution in [0.1, 0.15) is 27.7 Å². The fourth-order valence-electron chi connectivity index (χ4n) is 1.61. The van der Waals surface area contributed by atoms with Crippen LogP contribution in [0.15, 0.2) is 34.1 Å². The summed E-state index contributed by atoms with van der Waals surface area (Å²) < 4.78 is 6.85. The molecule has 0 amide bonds. The molecule has 0 saturated heterocycles. The molecule has 1 aromatic heterocycles. The first-order valence-corrected chi connectivity index (χ1v) is 7.16. The number of benzene rings is 1. The average Bonchev–Trinajstić information content (AvgIpc) is 2.73. The fraction of sp³-hybridized carbons (Fsp3) is 0.214. The third-order valence-electron chi connectivity index (χ3n) is 2.58. The van der Waals surface area contributed by atoms with Gasteiger partial charge in [0.25, 0.3) is 0 Å². The van der Waals surface area contributed by atoms with E-state index >= 15 is 0 Å². The highest BCUT2D eigenvalue weighted by Crippen LogP contribution is 2.25. The monoisotopic (exact) mass is 324 g/mol. The van der Waals surface area contributed by atoms with Gasteiger partial charge in [0, 0.05) is 10.4 Å². The molecule has 2 aromatic rings. The van der Waals surface area contributed by atoms with Gasteiger partial charge in [-0.25, -0.2) is 0 Å². The minimum Gasteiger partial charge on any atom is -0.488 e. The third-order valence-corrected chi connectivity index (χ3v) is 4.18. The smallest absolute Gasteiger partial charge is 0.159 e. The highest BCUT2D eigenvalue weighted by molar-refractivity contribution is 9.11. The number of hydrogen-bond donors (Lipinski definition) is 0. The molecule has 2 nitrogen and oxygen atoms in total. The number of rotatable bonds is 4. The van der Waals surface area contributed by atoms with E-state index < -0.39 is 0 Å². The number of carbonyl (C=O) groups is 1. The van der Waals surface area contributed by atoms with Crippen molar-refractivity contribution in [2.45, 2.75) is 20.5 Å². The second-order valence-electron chi connectivity index (χ2n) is 4.03. The van der Waals surface area contributed by atoms with Crippen molar-refractivity contribution in [1.82, 2.24) is 0 Å². The minimum absolute atomic E-state index is 0.0758. The zero-order chi connectivity index (χ0) is 13.1. The van der Waals surface area contributed by atoms with E-state index in [9.17, 15) is 4.79 Å². The van der Waals surface area contributed by atoms with Crippen LogP contribution in [0.4, 0.5) is 0 Å². The Morgan fingerprint density at radius 3 is 2.67 bits per heavy atom. The van der Waals surface area contributed by atoms with E-state index in [2.05, 4.69) is 15.9 Å². The Morgan fingerprint density at radius 1 is 1.33 bits per heavy atom. The van der Waals surface area contributed by atoms with Crippen LogP contribution in [-0.2, 0) is 6.61 Å². The molecule has 18 heavy (non-hydrogen) atoms. The molecule has 1 aromatic carbocycles. The zero-order valence-electron chi connectivity index (χ0n) is 10.2. The van der Waals surface area contributed by atoms with Crippen molar-refractivity contribution in [3.05, 3.63) is 50.1 Å². The van der Waals surface area contributed by atoms with Gasteiger partial charge in [-0.1, -0.05) is 0 Å². The fourth-order valence-corrected chi connectivity index (χ4v) is 3.00. The Morgan fingerprint density at radius 2 is 2.11 bits per heavy atom. The summed E-state index contributed by atoms with van der Waals surface area (Å²) in [6.07, 6.45) is 0.